The molecule has 0 fully saturated rings. The predicted octanol–water partition coefficient (Wildman–Crippen LogP) is 1.87. The number of fused-ring (bicyclic) bond motifs is 1. The number of halogens is 1. The molecule has 146 valence electrons. The minimum absolute atomic E-state index is 0.0113. The first-order valence-corrected chi connectivity index (χ1v) is 8.34. The molecule has 2 aliphatic heterocycles. The lowest BCUT2D eigenvalue weighted by atomic mass is 9.82. The lowest BCUT2D eigenvalue weighted by Gasteiger charge is -2.28. The molecule has 2 aliphatic rings. The maximum Gasteiger partial charge on any atom is 0.338 e. The summed E-state index contributed by atoms with van der Waals surface area (Å²) in [6, 6.07) is 5.11. The molecule has 0 radical (unpaired) electrons. The standard InChI is InChI=1S/C18H15ClN2O7/c1-24-12(22)5-11-14(18(23)25-2)13(9(6-20)17(21)28-11)8-3-4-10-16(15(8)19)27-7-26-10/h3-4,13H,5,7,21H2,1-2H3/t13-/m0/s1. The van der Waals surface area contributed by atoms with E-state index in [2.05, 4.69) is 4.74 Å². The quantitative estimate of drug-likeness (QED) is 0.744. The molecule has 9 nitrogen and oxygen atoms in total. The number of benzene rings is 1. The SMILES string of the molecule is COC(=O)CC1=C(C(=O)OC)[C@@H](c2ccc3c(c2Cl)OCO3)C(C#N)=C(N)O1. The Bertz CT molecular complexity index is 961. The molecule has 0 saturated heterocycles. The Morgan fingerprint density at radius 1 is 1.32 bits per heavy atom. The minimum Gasteiger partial charge on any atom is -0.469 e. The van der Waals surface area contributed by atoms with E-state index in [9.17, 15) is 14.9 Å². The van der Waals surface area contributed by atoms with Crippen molar-refractivity contribution in [3.63, 3.8) is 0 Å². The smallest absolute Gasteiger partial charge is 0.338 e. The number of esters is 2. The van der Waals surface area contributed by atoms with Gasteiger partial charge in [0.1, 0.15) is 23.8 Å². The van der Waals surface area contributed by atoms with Crippen molar-refractivity contribution in [2.24, 2.45) is 5.73 Å². The molecule has 0 bridgehead atoms. The van der Waals surface area contributed by atoms with Crippen molar-refractivity contribution < 1.29 is 33.3 Å². The molecule has 2 N–H and O–H groups in total. The first-order chi connectivity index (χ1) is 13.4. The largest absolute Gasteiger partial charge is 0.469 e. The van der Waals surface area contributed by atoms with Crippen LogP contribution in [0.2, 0.25) is 5.02 Å². The van der Waals surface area contributed by atoms with Crippen LogP contribution >= 0.6 is 11.6 Å². The monoisotopic (exact) mass is 406 g/mol. The molecule has 0 aliphatic carbocycles. The highest BCUT2D eigenvalue weighted by Crippen LogP contribution is 2.48. The number of nitriles is 1. The van der Waals surface area contributed by atoms with Crippen molar-refractivity contribution in [1.29, 1.82) is 5.26 Å². The highest BCUT2D eigenvalue weighted by atomic mass is 35.5. The number of ether oxygens (including phenoxy) is 5. The van der Waals surface area contributed by atoms with Gasteiger partial charge < -0.3 is 29.4 Å². The Kier molecular flexibility index (Phi) is 5.33. The predicted molar refractivity (Wildman–Crippen MR) is 93.9 cm³/mol. The van der Waals surface area contributed by atoms with Crippen LogP contribution in [0.15, 0.2) is 34.9 Å². The third kappa shape index (κ3) is 3.18. The molecule has 0 aromatic heterocycles. The average Bonchev–Trinajstić information content (AvgIpc) is 3.17. The summed E-state index contributed by atoms with van der Waals surface area (Å²) in [5, 5.41) is 9.77. The highest BCUT2D eigenvalue weighted by molar-refractivity contribution is 6.33. The molecular weight excluding hydrogens is 392 g/mol. The number of nitrogens with zero attached hydrogens (tertiary/aromatic N) is 1. The Morgan fingerprint density at radius 3 is 2.71 bits per heavy atom. The van der Waals surface area contributed by atoms with Crippen LogP contribution in [0.4, 0.5) is 0 Å². The molecule has 1 atom stereocenters. The third-order valence-electron chi connectivity index (χ3n) is 4.25. The summed E-state index contributed by atoms with van der Waals surface area (Å²) in [5.41, 5.74) is 6.09. The molecular formula is C18H15ClN2O7. The van der Waals surface area contributed by atoms with Gasteiger partial charge in [-0.3, -0.25) is 4.79 Å². The second kappa shape index (κ2) is 7.70. The Morgan fingerprint density at radius 2 is 2.07 bits per heavy atom. The average molecular weight is 407 g/mol. The molecule has 10 heteroatoms. The number of hydrogen-bond acceptors (Lipinski definition) is 9. The van der Waals surface area contributed by atoms with Gasteiger partial charge in [0.25, 0.3) is 0 Å². The normalized spacial score (nSPS) is 17.7. The van der Waals surface area contributed by atoms with Crippen molar-refractivity contribution in [2.45, 2.75) is 12.3 Å². The Balaban J connectivity index is 2.23. The minimum atomic E-state index is -1.03. The van der Waals surface area contributed by atoms with Gasteiger partial charge in [-0.15, -0.1) is 0 Å². The zero-order valence-corrected chi connectivity index (χ0v) is 15.7. The van der Waals surface area contributed by atoms with E-state index in [1.54, 1.807) is 12.1 Å². The maximum absolute atomic E-state index is 12.6. The van der Waals surface area contributed by atoms with E-state index in [-0.39, 0.29) is 46.8 Å². The van der Waals surface area contributed by atoms with Crippen molar-refractivity contribution in [3.05, 3.63) is 45.5 Å². The van der Waals surface area contributed by atoms with Crippen molar-refractivity contribution in [2.75, 3.05) is 21.0 Å². The first kappa shape index (κ1) is 19.4. The molecule has 1 aromatic carbocycles. The van der Waals surface area contributed by atoms with Gasteiger partial charge in [-0.05, 0) is 11.6 Å². The summed E-state index contributed by atoms with van der Waals surface area (Å²) < 4.78 is 25.5. The summed E-state index contributed by atoms with van der Waals surface area (Å²) in [7, 11) is 2.35. The molecule has 28 heavy (non-hydrogen) atoms. The first-order valence-electron chi connectivity index (χ1n) is 7.96. The zero-order chi connectivity index (χ0) is 20.4. The van der Waals surface area contributed by atoms with E-state index in [1.807, 2.05) is 6.07 Å². The third-order valence-corrected chi connectivity index (χ3v) is 4.64. The van der Waals surface area contributed by atoms with Crippen LogP contribution in [-0.4, -0.2) is 33.0 Å². The van der Waals surface area contributed by atoms with Crippen LogP contribution in [0.5, 0.6) is 11.5 Å². The molecule has 2 heterocycles. The van der Waals surface area contributed by atoms with E-state index in [0.717, 1.165) is 7.11 Å². The number of carbonyl (C=O) groups is 2. The van der Waals surface area contributed by atoms with Crippen LogP contribution in [-0.2, 0) is 23.8 Å². The van der Waals surface area contributed by atoms with Crippen molar-refractivity contribution >= 4 is 23.5 Å². The summed E-state index contributed by atoms with van der Waals surface area (Å²) in [5.74, 6) is -2.15. The fourth-order valence-corrected chi connectivity index (χ4v) is 3.29. The summed E-state index contributed by atoms with van der Waals surface area (Å²) in [6.07, 6.45) is -0.390. The lowest BCUT2D eigenvalue weighted by Crippen LogP contribution is -2.27. The van der Waals surface area contributed by atoms with Gasteiger partial charge in [-0.2, -0.15) is 5.26 Å². The van der Waals surface area contributed by atoms with E-state index in [0.29, 0.717) is 11.3 Å². The van der Waals surface area contributed by atoms with Crippen molar-refractivity contribution in [3.8, 4) is 17.6 Å². The van der Waals surface area contributed by atoms with Gasteiger partial charge >= 0.3 is 11.9 Å². The van der Waals surface area contributed by atoms with Gasteiger partial charge in [0.2, 0.25) is 12.7 Å². The second-order valence-corrected chi connectivity index (χ2v) is 6.09. The summed E-state index contributed by atoms with van der Waals surface area (Å²) in [4.78, 5) is 24.3. The molecule has 0 amide bonds. The van der Waals surface area contributed by atoms with Crippen LogP contribution in [0.1, 0.15) is 17.9 Å². The molecule has 3 rings (SSSR count). The van der Waals surface area contributed by atoms with Gasteiger partial charge in [0.15, 0.2) is 11.5 Å². The van der Waals surface area contributed by atoms with E-state index < -0.39 is 17.9 Å². The van der Waals surface area contributed by atoms with Crippen LogP contribution in [0, 0.1) is 11.3 Å². The summed E-state index contributed by atoms with van der Waals surface area (Å²) >= 11 is 6.47. The maximum atomic E-state index is 12.6. The second-order valence-electron chi connectivity index (χ2n) is 5.71. The fourth-order valence-electron chi connectivity index (χ4n) is 2.97. The summed E-state index contributed by atoms with van der Waals surface area (Å²) in [6.45, 7) is -0.0113. The Labute approximate surface area is 164 Å². The Hall–Kier alpha value is -3.38. The van der Waals surface area contributed by atoms with Gasteiger partial charge in [-0.1, -0.05) is 17.7 Å². The van der Waals surface area contributed by atoms with Crippen LogP contribution in [0.3, 0.4) is 0 Å². The fraction of sp³-hybridized carbons (Fsp3) is 0.278. The molecule has 0 spiro atoms. The molecule has 0 saturated carbocycles. The van der Waals surface area contributed by atoms with Gasteiger partial charge in [-0.25, -0.2) is 4.79 Å². The lowest BCUT2D eigenvalue weighted by molar-refractivity contribution is -0.140. The van der Waals surface area contributed by atoms with Crippen LogP contribution in [0.25, 0.3) is 0 Å². The number of rotatable bonds is 4. The molecule has 0 unspecified atom stereocenters. The number of nitrogens with two attached hydrogens (primary N) is 1. The number of carbonyl (C=O) groups excluding carboxylic acids is 2. The van der Waals surface area contributed by atoms with Crippen molar-refractivity contribution in [1.82, 2.24) is 0 Å². The van der Waals surface area contributed by atoms with Gasteiger partial charge in [0.05, 0.1) is 30.7 Å². The van der Waals surface area contributed by atoms with E-state index in [4.69, 9.17) is 36.3 Å². The van der Waals surface area contributed by atoms with E-state index in [1.165, 1.54) is 7.11 Å². The number of hydrogen-bond donors (Lipinski definition) is 1. The topological polar surface area (TPSA) is 130 Å². The van der Waals surface area contributed by atoms with Gasteiger partial charge in [0, 0.05) is 0 Å². The molecule has 1 aromatic rings. The number of methoxy groups -OCH3 is 2. The highest BCUT2D eigenvalue weighted by Gasteiger charge is 2.40. The van der Waals surface area contributed by atoms with E-state index >= 15 is 0 Å². The zero-order valence-electron chi connectivity index (χ0n) is 14.9. The number of allylic oxidation sites excluding steroid dienone is 1. The van der Waals surface area contributed by atoms with Crippen LogP contribution < -0.4 is 15.2 Å².